The number of hydrogen-bond donors (Lipinski definition) is 2. The van der Waals surface area contributed by atoms with Gasteiger partial charge in [-0.05, 0) is 25.0 Å². The van der Waals surface area contributed by atoms with Crippen molar-refractivity contribution >= 4 is 17.4 Å². The number of hydrogen-bond acceptors (Lipinski definition) is 7. The van der Waals surface area contributed by atoms with Gasteiger partial charge in [-0.3, -0.25) is 9.78 Å². The van der Waals surface area contributed by atoms with Crippen LogP contribution < -0.4 is 16.4 Å². The van der Waals surface area contributed by atoms with Crippen molar-refractivity contribution in [2.45, 2.75) is 18.9 Å². The Morgan fingerprint density at radius 1 is 1.32 bits per heavy atom. The van der Waals surface area contributed by atoms with Gasteiger partial charge in [0.15, 0.2) is 0 Å². The molecule has 0 aromatic carbocycles. The van der Waals surface area contributed by atoms with Crippen LogP contribution in [0.5, 0.6) is 0 Å². The van der Waals surface area contributed by atoms with Crippen molar-refractivity contribution in [1.82, 2.24) is 15.0 Å². The number of ketones is 1. The molecule has 118 valence electrons. The van der Waals surface area contributed by atoms with E-state index in [4.69, 9.17) is 11.5 Å². The Hall–Kier alpha value is -2.54. The number of rotatable bonds is 3. The SMILES string of the molecule is Nc1ncccc1C(=O)c1cncc(N2CCC(N)CC2)n1.[HH].[HH]. The zero-order valence-corrected chi connectivity index (χ0v) is 12.1. The van der Waals surface area contributed by atoms with E-state index in [1.165, 1.54) is 6.20 Å². The van der Waals surface area contributed by atoms with Gasteiger partial charge in [0.2, 0.25) is 5.78 Å². The third-order valence-electron chi connectivity index (χ3n) is 3.80. The second-order valence-electron chi connectivity index (χ2n) is 5.35. The van der Waals surface area contributed by atoms with E-state index in [9.17, 15) is 4.79 Å². The highest BCUT2D eigenvalue weighted by Gasteiger charge is 2.20. The first-order valence-corrected chi connectivity index (χ1v) is 7.23. The van der Waals surface area contributed by atoms with E-state index in [-0.39, 0.29) is 26.2 Å². The fourth-order valence-corrected chi connectivity index (χ4v) is 2.49. The molecule has 0 saturated carbocycles. The Kier molecular flexibility index (Phi) is 3.97. The first-order valence-electron chi connectivity index (χ1n) is 7.23. The van der Waals surface area contributed by atoms with Gasteiger partial charge in [-0.15, -0.1) is 0 Å². The Morgan fingerprint density at radius 3 is 2.82 bits per heavy atom. The lowest BCUT2D eigenvalue weighted by molar-refractivity contribution is 0.103. The fourth-order valence-electron chi connectivity index (χ4n) is 2.49. The topological polar surface area (TPSA) is 111 Å². The van der Waals surface area contributed by atoms with Gasteiger partial charge in [0.05, 0.1) is 18.0 Å². The van der Waals surface area contributed by atoms with Crippen molar-refractivity contribution in [3.8, 4) is 0 Å². The van der Waals surface area contributed by atoms with Crippen LogP contribution in [0.25, 0.3) is 0 Å². The van der Waals surface area contributed by atoms with Crippen molar-refractivity contribution < 1.29 is 7.65 Å². The van der Waals surface area contributed by atoms with E-state index in [1.807, 2.05) is 0 Å². The maximum absolute atomic E-state index is 12.5. The molecule has 1 aliphatic heterocycles. The second kappa shape index (κ2) is 6.07. The van der Waals surface area contributed by atoms with Crippen LogP contribution in [0.2, 0.25) is 0 Å². The summed E-state index contributed by atoms with van der Waals surface area (Å²) in [6, 6.07) is 3.55. The molecule has 0 spiro atoms. The van der Waals surface area contributed by atoms with Gasteiger partial charge in [-0.1, -0.05) is 0 Å². The molecule has 1 saturated heterocycles. The van der Waals surface area contributed by atoms with Crippen LogP contribution in [0, 0.1) is 0 Å². The quantitative estimate of drug-likeness (QED) is 0.817. The molecular formula is C15H22N6O. The highest BCUT2D eigenvalue weighted by molar-refractivity contribution is 6.10. The Balaban J connectivity index is 0.00000144. The molecule has 0 bridgehead atoms. The van der Waals surface area contributed by atoms with Gasteiger partial charge < -0.3 is 16.4 Å². The Labute approximate surface area is 131 Å². The lowest BCUT2D eigenvalue weighted by atomic mass is 10.1. The van der Waals surface area contributed by atoms with Gasteiger partial charge in [0.1, 0.15) is 17.3 Å². The molecule has 1 fully saturated rings. The maximum Gasteiger partial charge on any atom is 0.216 e. The molecule has 7 heteroatoms. The number of anilines is 2. The summed E-state index contributed by atoms with van der Waals surface area (Å²) in [7, 11) is 0. The molecule has 4 N–H and O–H groups in total. The summed E-state index contributed by atoms with van der Waals surface area (Å²) in [5.41, 5.74) is 12.3. The molecule has 7 nitrogen and oxygen atoms in total. The van der Waals surface area contributed by atoms with Crippen molar-refractivity contribution in [3.63, 3.8) is 0 Å². The van der Waals surface area contributed by atoms with E-state index in [2.05, 4.69) is 19.9 Å². The van der Waals surface area contributed by atoms with Gasteiger partial charge in [-0.25, -0.2) is 9.97 Å². The lowest BCUT2D eigenvalue weighted by Crippen LogP contribution is -2.40. The predicted molar refractivity (Wildman–Crippen MR) is 87.8 cm³/mol. The summed E-state index contributed by atoms with van der Waals surface area (Å²) >= 11 is 0. The number of nitrogens with zero attached hydrogens (tertiary/aromatic N) is 4. The number of pyridine rings is 1. The minimum Gasteiger partial charge on any atom is -0.383 e. The standard InChI is InChI=1S/C15H18N6O.2H2/c16-10-3-6-21(7-4-10)13-9-18-8-12(20-13)14(22)11-2-1-5-19-15(11)17;;/h1-2,5,8-10H,3-4,6-7,16H2,(H2,17,19);2*1H. The van der Waals surface area contributed by atoms with Crippen molar-refractivity contribution in [2.75, 3.05) is 23.7 Å². The molecule has 22 heavy (non-hydrogen) atoms. The highest BCUT2D eigenvalue weighted by Crippen LogP contribution is 2.18. The van der Waals surface area contributed by atoms with E-state index in [1.54, 1.807) is 24.5 Å². The second-order valence-corrected chi connectivity index (χ2v) is 5.35. The van der Waals surface area contributed by atoms with Gasteiger partial charge in [-0.2, -0.15) is 0 Å². The largest absolute Gasteiger partial charge is 0.383 e. The number of nitrogen functional groups attached to an aromatic ring is 1. The smallest absolute Gasteiger partial charge is 0.216 e. The molecule has 3 rings (SSSR count). The summed E-state index contributed by atoms with van der Waals surface area (Å²) < 4.78 is 0. The zero-order chi connectivity index (χ0) is 15.5. The van der Waals surface area contributed by atoms with Crippen molar-refractivity contribution in [2.24, 2.45) is 5.73 Å². The van der Waals surface area contributed by atoms with Gasteiger partial charge >= 0.3 is 0 Å². The Bertz CT molecular complexity index is 691. The summed E-state index contributed by atoms with van der Waals surface area (Å²) in [6.45, 7) is 1.64. The molecule has 1 aliphatic rings. The molecule has 0 unspecified atom stereocenters. The molecule has 2 aromatic heterocycles. The van der Waals surface area contributed by atoms with Crippen LogP contribution in [-0.4, -0.2) is 39.9 Å². The number of carbonyl (C=O) groups is 1. The van der Waals surface area contributed by atoms with Crippen LogP contribution in [0.15, 0.2) is 30.7 Å². The fraction of sp³-hybridized carbons (Fsp3) is 0.333. The lowest BCUT2D eigenvalue weighted by Gasteiger charge is -2.30. The molecule has 0 radical (unpaired) electrons. The van der Waals surface area contributed by atoms with Crippen LogP contribution in [0.4, 0.5) is 11.6 Å². The van der Waals surface area contributed by atoms with E-state index < -0.39 is 0 Å². The maximum atomic E-state index is 12.5. The van der Waals surface area contributed by atoms with Crippen LogP contribution in [0.3, 0.4) is 0 Å². The third-order valence-corrected chi connectivity index (χ3v) is 3.80. The number of piperidine rings is 1. The van der Waals surface area contributed by atoms with E-state index >= 15 is 0 Å². The molecule has 0 aliphatic carbocycles. The van der Waals surface area contributed by atoms with Gasteiger partial charge in [0.25, 0.3) is 0 Å². The van der Waals surface area contributed by atoms with Crippen molar-refractivity contribution in [3.05, 3.63) is 42.0 Å². The highest BCUT2D eigenvalue weighted by atomic mass is 16.1. The van der Waals surface area contributed by atoms with E-state index in [0.717, 1.165) is 25.9 Å². The monoisotopic (exact) mass is 302 g/mol. The number of nitrogens with two attached hydrogens (primary N) is 2. The Morgan fingerprint density at radius 2 is 2.09 bits per heavy atom. The van der Waals surface area contributed by atoms with Crippen molar-refractivity contribution in [1.29, 1.82) is 0 Å². The van der Waals surface area contributed by atoms with E-state index in [0.29, 0.717) is 11.4 Å². The molecule has 0 amide bonds. The van der Waals surface area contributed by atoms with Crippen LogP contribution >= 0.6 is 0 Å². The summed E-state index contributed by atoms with van der Waals surface area (Å²) in [5.74, 6) is 0.623. The summed E-state index contributed by atoms with van der Waals surface area (Å²) in [5, 5.41) is 0. The minimum atomic E-state index is -0.270. The average Bonchev–Trinajstić information content (AvgIpc) is 2.55. The normalized spacial score (nSPS) is 15.8. The van der Waals surface area contributed by atoms with Crippen LogP contribution in [-0.2, 0) is 0 Å². The molecule has 2 aromatic rings. The number of aromatic nitrogens is 3. The minimum absolute atomic E-state index is 0. The van der Waals surface area contributed by atoms with Gasteiger partial charge in [0, 0.05) is 28.2 Å². The first-order chi connectivity index (χ1) is 10.6. The molecule has 0 atom stereocenters. The average molecular weight is 302 g/mol. The number of carbonyl (C=O) groups excluding carboxylic acids is 1. The summed E-state index contributed by atoms with van der Waals surface area (Å²) in [4.78, 5) is 27.1. The predicted octanol–water partition coefficient (Wildman–Crippen LogP) is 1.10. The summed E-state index contributed by atoms with van der Waals surface area (Å²) in [6.07, 6.45) is 6.49. The van der Waals surface area contributed by atoms with Crippen LogP contribution in [0.1, 0.15) is 31.7 Å². The molecule has 3 heterocycles. The zero-order valence-electron chi connectivity index (χ0n) is 12.1. The first kappa shape index (κ1) is 14.4. The molecular weight excluding hydrogens is 280 g/mol. The third kappa shape index (κ3) is 2.89.